The van der Waals surface area contributed by atoms with E-state index in [1.807, 2.05) is 55.5 Å². The van der Waals surface area contributed by atoms with Crippen LogP contribution in [-0.4, -0.2) is 11.9 Å². The van der Waals surface area contributed by atoms with Gasteiger partial charge in [0.05, 0.1) is 16.9 Å². The third kappa shape index (κ3) is 1.72. The second kappa shape index (κ2) is 4.24. The van der Waals surface area contributed by atoms with Crippen LogP contribution in [0.5, 0.6) is 5.75 Å². The van der Waals surface area contributed by atoms with Gasteiger partial charge in [0.2, 0.25) is 5.79 Å². The SMILES string of the molecule is C[C@@]12Oc3c(c(=O)oc4ccccc34)[C@@H](c3ccccc3)[C@@H]1O2. The molecule has 0 saturated carbocycles. The third-order valence-electron chi connectivity index (χ3n) is 4.70. The topological polar surface area (TPSA) is 52.0 Å². The standard InChI is InChI=1S/C19H14O4/c1-19-17(23-19)14(11-7-3-2-4-8-11)15-16(22-19)12-9-5-6-10-13(12)21-18(15)20/h2-10,14,17H,1H3/t14-,17+,19+/m1/s1. The minimum absolute atomic E-state index is 0.165. The molecule has 1 saturated heterocycles. The van der Waals surface area contributed by atoms with Crippen LogP contribution in [0.4, 0.5) is 0 Å². The van der Waals surface area contributed by atoms with Crippen LogP contribution in [0.2, 0.25) is 0 Å². The van der Waals surface area contributed by atoms with Crippen LogP contribution in [0.1, 0.15) is 24.0 Å². The van der Waals surface area contributed by atoms with Crippen molar-refractivity contribution in [2.24, 2.45) is 0 Å². The Morgan fingerprint density at radius 2 is 1.74 bits per heavy atom. The Morgan fingerprint density at radius 3 is 2.57 bits per heavy atom. The van der Waals surface area contributed by atoms with Crippen molar-refractivity contribution < 1.29 is 13.9 Å². The summed E-state index contributed by atoms with van der Waals surface area (Å²) < 4.78 is 17.4. The van der Waals surface area contributed by atoms with Gasteiger partial charge < -0.3 is 13.9 Å². The molecule has 4 nitrogen and oxygen atoms in total. The Hall–Kier alpha value is -2.59. The first-order valence-corrected chi connectivity index (χ1v) is 7.65. The summed E-state index contributed by atoms with van der Waals surface area (Å²) in [4.78, 5) is 12.6. The van der Waals surface area contributed by atoms with E-state index >= 15 is 0 Å². The molecule has 23 heavy (non-hydrogen) atoms. The molecule has 1 fully saturated rings. The number of fused-ring (bicyclic) bond motifs is 4. The molecule has 3 heterocycles. The van der Waals surface area contributed by atoms with E-state index in [4.69, 9.17) is 13.9 Å². The van der Waals surface area contributed by atoms with Gasteiger partial charge in [-0.1, -0.05) is 42.5 Å². The molecule has 4 heteroatoms. The molecule has 0 unspecified atom stereocenters. The summed E-state index contributed by atoms with van der Waals surface area (Å²) >= 11 is 0. The Bertz CT molecular complexity index is 976. The zero-order valence-corrected chi connectivity index (χ0v) is 12.5. The molecule has 0 spiro atoms. The van der Waals surface area contributed by atoms with Crippen molar-refractivity contribution in [1.82, 2.24) is 0 Å². The second-order valence-corrected chi connectivity index (χ2v) is 6.17. The van der Waals surface area contributed by atoms with Crippen LogP contribution in [0.25, 0.3) is 11.0 Å². The lowest BCUT2D eigenvalue weighted by molar-refractivity contribution is 0.0796. The fraction of sp³-hybridized carbons (Fsp3) is 0.211. The van der Waals surface area contributed by atoms with E-state index in [1.165, 1.54) is 0 Å². The van der Waals surface area contributed by atoms with Gasteiger partial charge in [-0.2, -0.15) is 0 Å². The first-order chi connectivity index (χ1) is 11.2. The zero-order chi connectivity index (χ0) is 15.6. The number of hydrogen-bond donors (Lipinski definition) is 0. The van der Waals surface area contributed by atoms with Crippen molar-refractivity contribution in [2.45, 2.75) is 24.7 Å². The van der Waals surface area contributed by atoms with E-state index in [-0.39, 0.29) is 17.6 Å². The second-order valence-electron chi connectivity index (χ2n) is 6.17. The number of rotatable bonds is 1. The number of ether oxygens (including phenoxy) is 2. The molecule has 0 bridgehead atoms. The average Bonchev–Trinajstić information content (AvgIpc) is 3.25. The predicted octanol–water partition coefficient (Wildman–Crippen LogP) is 3.43. The molecule has 0 radical (unpaired) electrons. The van der Waals surface area contributed by atoms with Crippen LogP contribution in [-0.2, 0) is 4.74 Å². The smallest absolute Gasteiger partial charge is 0.343 e. The minimum atomic E-state index is -0.677. The normalized spacial score (nSPS) is 27.9. The highest BCUT2D eigenvalue weighted by Crippen LogP contribution is 2.55. The molecule has 2 aromatic carbocycles. The summed E-state index contributed by atoms with van der Waals surface area (Å²) in [7, 11) is 0. The van der Waals surface area contributed by atoms with Gasteiger partial charge in [0.25, 0.3) is 0 Å². The Labute approximate surface area is 132 Å². The molecule has 0 N–H and O–H groups in total. The summed E-state index contributed by atoms with van der Waals surface area (Å²) in [5.74, 6) is -0.267. The van der Waals surface area contributed by atoms with Gasteiger partial charge in [-0.15, -0.1) is 0 Å². The van der Waals surface area contributed by atoms with Crippen molar-refractivity contribution in [1.29, 1.82) is 0 Å². The molecule has 0 amide bonds. The lowest BCUT2D eigenvalue weighted by Gasteiger charge is -2.26. The molecule has 3 atom stereocenters. The molecular formula is C19H14O4. The Kier molecular flexibility index (Phi) is 2.38. The van der Waals surface area contributed by atoms with Crippen molar-refractivity contribution in [3.63, 3.8) is 0 Å². The lowest BCUT2D eigenvalue weighted by Crippen LogP contribution is -2.32. The van der Waals surface area contributed by atoms with Gasteiger partial charge in [0.1, 0.15) is 17.4 Å². The van der Waals surface area contributed by atoms with Crippen LogP contribution in [0.3, 0.4) is 0 Å². The Morgan fingerprint density at radius 1 is 1.00 bits per heavy atom. The highest BCUT2D eigenvalue weighted by Gasteiger charge is 2.64. The molecule has 114 valence electrons. The van der Waals surface area contributed by atoms with Crippen molar-refractivity contribution in [2.75, 3.05) is 0 Å². The minimum Gasteiger partial charge on any atom is -0.458 e. The van der Waals surface area contributed by atoms with Gasteiger partial charge >= 0.3 is 5.63 Å². The maximum atomic E-state index is 12.6. The van der Waals surface area contributed by atoms with Gasteiger partial charge in [-0.25, -0.2) is 4.79 Å². The molecule has 2 aliphatic rings. The number of benzene rings is 2. The maximum absolute atomic E-state index is 12.6. The summed E-state index contributed by atoms with van der Waals surface area (Å²) in [5.41, 5.74) is 1.76. The van der Waals surface area contributed by atoms with Gasteiger partial charge in [0, 0.05) is 6.92 Å². The fourth-order valence-corrected chi connectivity index (χ4v) is 3.54. The molecule has 2 aliphatic heterocycles. The highest BCUT2D eigenvalue weighted by atomic mass is 16.8. The van der Waals surface area contributed by atoms with E-state index in [9.17, 15) is 4.79 Å². The van der Waals surface area contributed by atoms with E-state index < -0.39 is 5.79 Å². The first-order valence-electron chi connectivity index (χ1n) is 7.65. The summed E-state index contributed by atoms with van der Waals surface area (Å²) in [6, 6.07) is 17.3. The number of epoxide rings is 1. The summed E-state index contributed by atoms with van der Waals surface area (Å²) in [6.07, 6.45) is -0.165. The van der Waals surface area contributed by atoms with Crippen molar-refractivity contribution in [3.8, 4) is 5.75 Å². The van der Waals surface area contributed by atoms with E-state index in [0.29, 0.717) is 16.9 Å². The molecule has 0 aliphatic carbocycles. The number of hydrogen-bond acceptors (Lipinski definition) is 4. The van der Waals surface area contributed by atoms with Crippen LogP contribution in [0.15, 0.2) is 63.8 Å². The lowest BCUT2D eigenvalue weighted by atomic mass is 9.84. The maximum Gasteiger partial charge on any atom is 0.343 e. The monoisotopic (exact) mass is 306 g/mol. The average molecular weight is 306 g/mol. The van der Waals surface area contributed by atoms with Crippen LogP contribution in [0, 0.1) is 0 Å². The largest absolute Gasteiger partial charge is 0.458 e. The van der Waals surface area contributed by atoms with Gasteiger partial charge in [-0.05, 0) is 17.7 Å². The van der Waals surface area contributed by atoms with E-state index in [2.05, 4.69) is 0 Å². The quantitative estimate of drug-likeness (QED) is 0.510. The number of para-hydroxylation sites is 1. The third-order valence-corrected chi connectivity index (χ3v) is 4.70. The highest BCUT2D eigenvalue weighted by molar-refractivity contribution is 5.85. The van der Waals surface area contributed by atoms with E-state index in [0.717, 1.165) is 10.9 Å². The fourth-order valence-electron chi connectivity index (χ4n) is 3.54. The molecular weight excluding hydrogens is 292 g/mol. The first kappa shape index (κ1) is 12.9. The molecule has 5 rings (SSSR count). The van der Waals surface area contributed by atoms with E-state index in [1.54, 1.807) is 6.07 Å². The van der Waals surface area contributed by atoms with Crippen molar-refractivity contribution >= 4 is 11.0 Å². The van der Waals surface area contributed by atoms with Crippen LogP contribution < -0.4 is 10.4 Å². The predicted molar refractivity (Wildman–Crippen MR) is 84.7 cm³/mol. The zero-order valence-electron chi connectivity index (χ0n) is 12.5. The van der Waals surface area contributed by atoms with Crippen molar-refractivity contribution in [3.05, 3.63) is 76.1 Å². The van der Waals surface area contributed by atoms with Crippen LogP contribution >= 0.6 is 0 Å². The summed E-state index contributed by atoms with van der Waals surface area (Å²) in [5, 5.41) is 0.804. The Balaban J connectivity index is 1.84. The summed E-state index contributed by atoms with van der Waals surface area (Å²) in [6.45, 7) is 1.92. The molecule has 3 aromatic rings. The molecule has 1 aromatic heterocycles. The van der Waals surface area contributed by atoms with Gasteiger partial charge in [-0.3, -0.25) is 0 Å². The van der Waals surface area contributed by atoms with Gasteiger partial charge in [0.15, 0.2) is 0 Å².